The molecule has 0 unspecified atom stereocenters. The third kappa shape index (κ3) is 4.08. The molecule has 0 bridgehead atoms. The van der Waals surface area contributed by atoms with Gasteiger partial charge in [0.1, 0.15) is 11.6 Å². The summed E-state index contributed by atoms with van der Waals surface area (Å²) in [7, 11) is 0. The number of aromatic nitrogens is 4. The first-order valence-corrected chi connectivity index (χ1v) is 9.24. The summed E-state index contributed by atoms with van der Waals surface area (Å²) in [4.78, 5) is 8.68. The van der Waals surface area contributed by atoms with Gasteiger partial charge in [0.2, 0.25) is 5.95 Å². The molecule has 7 heteroatoms. The van der Waals surface area contributed by atoms with Crippen LogP contribution in [0.25, 0.3) is 16.9 Å². The second-order valence-electron chi connectivity index (χ2n) is 6.87. The van der Waals surface area contributed by atoms with Crippen LogP contribution in [0.2, 0.25) is 0 Å². The molecule has 0 saturated carbocycles. The van der Waals surface area contributed by atoms with Gasteiger partial charge in [0.05, 0.1) is 17.6 Å². The maximum absolute atomic E-state index is 13.1. The first-order chi connectivity index (χ1) is 14.0. The van der Waals surface area contributed by atoms with Crippen LogP contribution in [0.1, 0.15) is 16.7 Å². The zero-order valence-corrected chi connectivity index (χ0v) is 16.2. The number of nitrogen functional groups attached to an aromatic ring is 1. The molecule has 29 heavy (non-hydrogen) atoms. The van der Waals surface area contributed by atoms with Crippen molar-refractivity contribution < 1.29 is 4.39 Å². The van der Waals surface area contributed by atoms with Crippen LogP contribution in [-0.2, 0) is 6.54 Å². The van der Waals surface area contributed by atoms with Crippen molar-refractivity contribution in [2.75, 3.05) is 11.1 Å². The van der Waals surface area contributed by atoms with Crippen LogP contribution in [0.4, 0.5) is 16.2 Å². The monoisotopic (exact) mass is 388 g/mol. The average molecular weight is 388 g/mol. The minimum atomic E-state index is -0.274. The Kier molecular flexibility index (Phi) is 4.95. The van der Waals surface area contributed by atoms with E-state index in [1.54, 1.807) is 23.0 Å². The molecule has 0 saturated heterocycles. The highest BCUT2D eigenvalue weighted by Gasteiger charge is 2.09. The highest BCUT2D eigenvalue weighted by Crippen LogP contribution is 2.26. The van der Waals surface area contributed by atoms with Crippen molar-refractivity contribution in [3.05, 3.63) is 83.4 Å². The van der Waals surface area contributed by atoms with Gasteiger partial charge in [0.25, 0.3) is 0 Å². The Labute approximate surface area is 168 Å². The van der Waals surface area contributed by atoms with E-state index in [4.69, 9.17) is 5.73 Å². The summed E-state index contributed by atoms with van der Waals surface area (Å²) < 4.78 is 14.8. The topological polar surface area (TPSA) is 81.7 Å². The summed E-state index contributed by atoms with van der Waals surface area (Å²) in [6, 6.07) is 14.2. The Morgan fingerprint density at radius 3 is 2.66 bits per heavy atom. The van der Waals surface area contributed by atoms with Crippen LogP contribution in [0.15, 0.2) is 60.9 Å². The van der Waals surface area contributed by atoms with Gasteiger partial charge in [-0.1, -0.05) is 18.2 Å². The van der Waals surface area contributed by atoms with Gasteiger partial charge in [-0.15, -0.1) is 0 Å². The van der Waals surface area contributed by atoms with E-state index >= 15 is 0 Å². The molecule has 2 aromatic carbocycles. The quantitative estimate of drug-likeness (QED) is 0.533. The Balaban J connectivity index is 1.53. The van der Waals surface area contributed by atoms with Crippen molar-refractivity contribution in [3.8, 4) is 16.9 Å². The molecule has 0 atom stereocenters. The second kappa shape index (κ2) is 7.71. The van der Waals surface area contributed by atoms with Crippen LogP contribution in [0, 0.1) is 19.7 Å². The van der Waals surface area contributed by atoms with E-state index in [0.717, 1.165) is 28.1 Å². The van der Waals surface area contributed by atoms with Crippen LogP contribution in [0.5, 0.6) is 0 Å². The average Bonchev–Trinajstić information content (AvgIpc) is 3.18. The Morgan fingerprint density at radius 1 is 1.07 bits per heavy atom. The number of anilines is 2. The molecule has 4 rings (SSSR count). The molecule has 0 aliphatic carbocycles. The number of nitrogens with zero attached hydrogens (tertiary/aromatic N) is 4. The number of nitrogens with two attached hydrogens (primary N) is 1. The molecule has 6 nitrogen and oxygen atoms in total. The molecule has 0 aliphatic heterocycles. The maximum Gasteiger partial charge on any atom is 0.222 e. The highest BCUT2D eigenvalue weighted by molar-refractivity contribution is 5.68. The van der Waals surface area contributed by atoms with E-state index in [-0.39, 0.29) is 11.8 Å². The SMILES string of the molecule is Cc1cccc(-c2cc(NCc3cnn(-c4ccc(F)cc4)c3)nc(N)n2)c1C. The normalized spacial score (nSPS) is 10.9. The van der Waals surface area contributed by atoms with E-state index < -0.39 is 0 Å². The first kappa shape index (κ1) is 18.6. The molecule has 0 amide bonds. The van der Waals surface area contributed by atoms with Gasteiger partial charge in [-0.3, -0.25) is 0 Å². The van der Waals surface area contributed by atoms with Crippen molar-refractivity contribution in [1.29, 1.82) is 0 Å². The Morgan fingerprint density at radius 2 is 1.86 bits per heavy atom. The lowest BCUT2D eigenvalue weighted by Crippen LogP contribution is -2.05. The van der Waals surface area contributed by atoms with Crippen LogP contribution in [-0.4, -0.2) is 19.7 Å². The molecular formula is C22H21FN6. The maximum atomic E-state index is 13.1. The Bertz CT molecular complexity index is 1150. The predicted octanol–water partition coefficient (Wildman–Crippen LogP) is 4.28. The summed E-state index contributed by atoms with van der Waals surface area (Å²) in [6.45, 7) is 4.66. The number of nitrogens with one attached hydrogen (secondary N) is 1. The van der Waals surface area contributed by atoms with Gasteiger partial charge in [-0.25, -0.2) is 14.1 Å². The standard InChI is InChI=1S/C22H21FN6/c1-14-4-3-5-19(15(14)2)20-10-21(28-22(24)27-20)25-11-16-12-26-29(13-16)18-8-6-17(23)7-9-18/h3-10,12-13H,11H2,1-2H3,(H3,24,25,27,28). The molecular weight excluding hydrogens is 367 g/mol. The number of aryl methyl sites for hydroxylation is 1. The highest BCUT2D eigenvalue weighted by atomic mass is 19.1. The third-order valence-electron chi connectivity index (χ3n) is 4.82. The lowest BCUT2D eigenvalue weighted by Gasteiger charge is -2.11. The van der Waals surface area contributed by atoms with Crippen molar-refractivity contribution in [1.82, 2.24) is 19.7 Å². The number of rotatable bonds is 5. The number of benzene rings is 2. The van der Waals surface area contributed by atoms with E-state index in [2.05, 4.69) is 40.3 Å². The van der Waals surface area contributed by atoms with E-state index in [1.807, 2.05) is 24.4 Å². The lowest BCUT2D eigenvalue weighted by atomic mass is 10.0. The van der Waals surface area contributed by atoms with Gasteiger partial charge in [0, 0.05) is 29.9 Å². The van der Waals surface area contributed by atoms with Crippen LogP contribution in [0.3, 0.4) is 0 Å². The van der Waals surface area contributed by atoms with E-state index in [0.29, 0.717) is 12.4 Å². The summed E-state index contributed by atoms with van der Waals surface area (Å²) >= 11 is 0. The fraction of sp³-hybridized carbons (Fsp3) is 0.136. The zero-order valence-electron chi connectivity index (χ0n) is 16.2. The molecule has 2 aromatic heterocycles. The molecule has 0 spiro atoms. The fourth-order valence-electron chi connectivity index (χ4n) is 3.10. The number of halogens is 1. The molecule has 146 valence electrons. The summed E-state index contributed by atoms with van der Waals surface area (Å²) in [5.74, 6) is 0.583. The third-order valence-corrected chi connectivity index (χ3v) is 4.82. The van der Waals surface area contributed by atoms with Crippen molar-refractivity contribution in [2.24, 2.45) is 0 Å². The summed E-state index contributed by atoms with van der Waals surface area (Å²) in [5.41, 5.74) is 11.9. The molecule has 2 heterocycles. The molecule has 0 fully saturated rings. The molecule has 0 aliphatic rings. The summed E-state index contributed by atoms with van der Waals surface area (Å²) in [6.07, 6.45) is 3.64. The van der Waals surface area contributed by atoms with Gasteiger partial charge >= 0.3 is 0 Å². The molecule has 4 aromatic rings. The first-order valence-electron chi connectivity index (χ1n) is 9.24. The van der Waals surface area contributed by atoms with E-state index in [1.165, 1.54) is 17.7 Å². The molecule has 0 radical (unpaired) electrons. The van der Waals surface area contributed by atoms with Gasteiger partial charge in [0.15, 0.2) is 0 Å². The minimum Gasteiger partial charge on any atom is -0.368 e. The second-order valence-corrected chi connectivity index (χ2v) is 6.87. The van der Waals surface area contributed by atoms with Crippen molar-refractivity contribution >= 4 is 11.8 Å². The lowest BCUT2D eigenvalue weighted by molar-refractivity contribution is 0.627. The van der Waals surface area contributed by atoms with Gasteiger partial charge in [-0.05, 0) is 49.2 Å². The smallest absolute Gasteiger partial charge is 0.222 e. The van der Waals surface area contributed by atoms with Crippen LogP contribution < -0.4 is 11.1 Å². The van der Waals surface area contributed by atoms with Crippen molar-refractivity contribution in [2.45, 2.75) is 20.4 Å². The minimum absolute atomic E-state index is 0.216. The number of hydrogen-bond donors (Lipinski definition) is 2. The van der Waals surface area contributed by atoms with E-state index in [9.17, 15) is 4.39 Å². The predicted molar refractivity (Wildman–Crippen MR) is 112 cm³/mol. The van der Waals surface area contributed by atoms with Gasteiger partial charge < -0.3 is 11.1 Å². The zero-order chi connectivity index (χ0) is 20.4. The van der Waals surface area contributed by atoms with Gasteiger partial charge in [-0.2, -0.15) is 10.1 Å². The molecule has 3 N–H and O–H groups in total. The number of hydrogen-bond acceptors (Lipinski definition) is 5. The van der Waals surface area contributed by atoms with Crippen molar-refractivity contribution in [3.63, 3.8) is 0 Å². The van der Waals surface area contributed by atoms with Crippen LogP contribution >= 0.6 is 0 Å². The Hall–Kier alpha value is -3.74. The largest absolute Gasteiger partial charge is 0.368 e. The summed E-state index contributed by atoms with van der Waals surface area (Å²) in [5, 5.41) is 7.60. The fourth-order valence-corrected chi connectivity index (χ4v) is 3.10.